The molecule has 0 radical (unpaired) electrons. The first-order chi connectivity index (χ1) is 11.0. The molecule has 1 rings (SSSR count). The minimum absolute atomic E-state index is 0.000223. The molecule has 10 heteroatoms. The van der Waals surface area contributed by atoms with E-state index in [4.69, 9.17) is 0 Å². The average Bonchev–Trinajstić information content (AvgIpc) is 2.33. The lowest BCUT2D eigenvalue weighted by Crippen LogP contribution is -2.44. The number of hydrogen-bond acceptors (Lipinski definition) is 4. The fourth-order valence-electron chi connectivity index (χ4n) is 1.82. The van der Waals surface area contributed by atoms with Gasteiger partial charge in [0.05, 0.1) is 11.3 Å². The molecule has 0 saturated carbocycles. The molecule has 0 unspecified atom stereocenters. The van der Waals surface area contributed by atoms with Gasteiger partial charge in [-0.3, -0.25) is 4.79 Å². The van der Waals surface area contributed by atoms with Gasteiger partial charge < -0.3 is 10.4 Å². The quantitative estimate of drug-likeness (QED) is 0.729. The maximum atomic E-state index is 12.6. The third kappa shape index (κ3) is 6.29. The zero-order valence-corrected chi connectivity index (χ0v) is 15.0. The number of halogens is 3. The molecule has 1 atom stereocenters. The van der Waals surface area contributed by atoms with Gasteiger partial charge in [0.15, 0.2) is 5.60 Å². The van der Waals surface area contributed by atoms with Crippen LogP contribution in [0, 0.1) is 0 Å². The molecule has 6 nitrogen and oxygen atoms in total. The van der Waals surface area contributed by atoms with Crippen molar-refractivity contribution in [2.45, 2.75) is 56.3 Å². The van der Waals surface area contributed by atoms with Crippen LogP contribution in [0.4, 0.5) is 18.9 Å². The van der Waals surface area contributed by atoms with Gasteiger partial charge >= 0.3 is 6.18 Å². The average molecular weight is 382 g/mol. The second kappa shape index (κ2) is 6.93. The molecule has 1 amide bonds. The van der Waals surface area contributed by atoms with E-state index >= 15 is 0 Å². The second-order valence-electron chi connectivity index (χ2n) is 6.88. The van der Waals surface area contributed by atoms with Crippen molar-refractivity contribution in [1.29, 1.82) is 0 Å². The summed E-state index contributed by atoms with van der Waals surface area (Å²) in [6, 6.07) is 5.08. The van der Waals surface area contributed by atoms with Gasteiger partial charge in [0.2, 0.25) is 15.9 Å². The highest BCUT2D eigenvalue weighted by Crippen LogP contribution is 2.32. The minimum atomic E-state index is -4.97. The van der Waals surface area contributed by atoms with Gasteiger partial charge in [-0.1, -0.05) is 6.07 Å². The molecule has 0 aliphatic heterocycles. The van der Waals surface area contributed by atoms with Crippen molar-refractivity contribution in [2.24, 2.45) is 0 Å². The van der Waals surface area contributed by atoms with Gasteiger partial charge in [-0.2, -0.15) is 13.2 Å². The standard InChI is InChI=1S/C15H21F3N2O4S/c1-13(2,3)20-25(23,24)11-7-5-6-10(8-11)19-12(21)9-14(4,22)15(16,17)18/h5-8,20,22H,9H2,1-4H3,(H,19,21)/t14-/m0/s1. The fourth-order valence-corrected chi connectivity index (χ4v) is 3.28. The molecule has 0 bridgehead atoms. The highest BCUT2D eigenvalue weighted by molar-refractivity contribution is 7.89. The van der Waals surface area contributed by atoms with Crippen LogP contribution < -0.4 is 10.0 Å². The molecule has 25 heavy (non-hydrogen) atoms. The van der Waals surface area contributed by atoms with Crippen LogP contribution in [-0.2, 0) is 14.8 Å². The monoisotopic (exact) mass is 382 g/mol. The minimum Gasteiger partial charge on any atom is -0.380 e. The predicted molar refractivity (Wildman–Crippen MR) is 86.4 cm³/mol. The van der Waals surface area contributed by atoms with Crippen molar-refractivity contribution in [1.82, 2.24) is 4.72 Å². The zero-order valence-electron chi connectivity index (χ0n) is 14.2. The number of carbonyl (C=O) groups is 1. The van der Waals surface area contributed by atoms with Crippen molar-refractivity contribution in [2.75, 3.05) is 5.32 Å². The third-order valence-corrected chi connectivity index (χ3v) is 4.74. The van der Waals surface area contributed by atoms with Crippen molar-refractivity contribution in [3.63, 3.8) is 0 Å². The summed E-state index contributed by atoms with van der Waals surface area (Å²) in [6.07, 6.45) is -6.18. The number of sulfonamides is 1. The molecule has 0 spiro atoms. The molecule has 3 N–H and O–H groups in total. The van der Waals surface area contributed by atoms with Gasteiger partial charge in [-0.05, 0) is 45.9 Å². The van der Waals surface area contributed by atoms with E-state index in [0.29, 0.717) is 6.92 Å². The van der Waals surface area contributed by atoms with E-state index in [0.717, 1.165) is 6.07 Å². The topological polar surface area (TPSA) is 95.5 Å². The lowest BCUT2D eigenvalue weighted by molar-refractivity contribution is -0.252. The van der Waals surface area contributed by atoms with E-state index < -0.39 is 39.7 Å². The van der Waals surface area contributed by atoms with Crippen LogP contribution in [0.1, 0.15) is 34.1 Å². The van der Waals surface area contributed by atoms with Gasteiger partial charge in [0.25, 0.3) is 0 Å². The number of anilines is 1. The molecule has 0 saturated heterocycles. The Bertz CT molecular complexity index is 738. The summed E-state index contributed by atoms with van der Waals surface area (Å²) in [6.45, 7) is 5.43. The summed E-state index contributed by atoms with van der Waals surface area (Å²) in [7, 11) is -3.87. The highest BCUT2D eigenvalue weighted by Gasteiger charge is 2.51. The Morgan fingerprint density at radius 2 is 1.72 bits per heavy atom. The second-order valence-corrected chi connectivity index (χ2v) is 8.56. The number of nitrogens with one attached hydrogen (secondary N) is 2. The molecule has 0 aromatic heterocycles. The fraction of sp³-hybridized carbons (Fsp3) is 0.533. The number of hydrogen-bond donors (Lipinski definition) is 3. The smallest absolute Gasteiger partial charge is 0.380 e. The van der Waals surface area contributed by atoms with Crippen LogP contribution in [0.3, 0.4) is 0 Å². The first-order valence-electron chi connectivity index (χ1n) is 7.26. The lowest BCUT2D eigenvalue weighted by atomic mass is 10.0. The Kier molecular flexibility index (Phi) is 5.93. The molecular formula is C15H21F3N2O4S. The highest BCUT2D eigenvalue weighted by atomic mass is 32.2. The number of aliphatic hydroxyl groups is 1. The number of rotatable bonds is 5. The van der Waals surface area contributed by atoms with Crippen LogP contribution in [-0.4, -0.2) is 36.7 Å². The summed E-state index contributed by atoms with van der Waals surface area (Å²) >= 11 is 0. The van der Waals surface area contributed by atoms with E-state index in [1.807, 2.05) is 0 Å². The number of alkyl halides is 3. The molecule has 0 fully saturated rings. The van der Waals surface area contributed by atoms with Gasteiger partial charge in [-0.25, -0.2) is 13.1 Å². The van der Waals surface area contributed by atoms with Crippen LogP contribution in [0.15, 0.2) is 29.2 Å². The summed E-state index contributed by atoms with van der Waals surface area (Å²) in [4.78, 5) is 11.6. The molecule has 0 heterocycles. The first kappa shape index (κ1) is 21.4. The third-order valence-electron chi connectivity index (χ3n) is 2.98. The molecular weight excluding hydrogens is 361 g/mol. The van der Waals surface area contributed by atoms with Crippen molar-refractivity contribution in [3.05, 3.63) is 24.3 Å². The molecule has 1 aromatic carbocycles. The number of benzene rings is 1. The molecule has 0 aliphatic carbocycles. The van der Waals surface area contributed by atoms with E-state index in [9.17, 15) is 31.5 Å². The van der Waals surface area contributed by atoms with E-state index in [1.54, 1.807) is 20.8 Å². The molecule has 1 aromatic rings. The van der Waals surface area contributed by atoms with Crippen molar-refractivity contribution >= 4 is 21.6 Å². The normalized spacial score (nSPS) is 15.5. The summed E-state index contributed by atoms with van der Waals surface area (Å²) in [5.74, 6) is -1.10. The van der Waals surface area contributed by atoms with E-state index in [-0.39, 0.29) is 10.6 Å². The van der Waals surface area contributed by atoms with E-state index in [1.165, 1.54) is 18.2 Å². The van der Waals surface area contributed by atoms with Crippen LogP contribution in [0.5, 0.6) is 0 Å². The number of carbonyl (C=O) groups excluding carboxylic acids is 1. The Morgan fingerprint density at radius 3 is 2.20 bits per heavy atom. The summed E-state index contributed by atoms with van der Waals surface area (Å²) in [5, 5.41) is 11.5. The Morgan fingerprint density at radius 1 is 1.16 bits per heavy atom. The Labute approximate surface area is 144 Å². The van der Waals surface area contributed by atoms with Crippen LogP contribution >= 0.6 is 0 Å². The maximum Gasteiger partial charge on any atom is 0.417 e. The van der Waals surface area contributed by atoms with Gasteiger partial charge in [0.1, 0.15) is 0 Å². The van der Waals surface area contributed by atoms with Gasteiger partial charge in [0, 0.05) is 11.2 Å². The zero-order chi connectivity index (χ0) is 19.7. The largest absolute Gasteiger partial charge is 0.417 e. The maximum absolute atomic E-state index is 12.6. The van der Waals surface area contributed by atoms with Crippen LogP contribution in [0.2, 0.25) is 0 Å². The Balaban J connectivity index is 2.95. The summed E-state index contributed by atoms with van der Waals surface area (Å²) < 4.78 is 64.7. The van der Waals surface area contributed by atoms with Crippen LogP contribution in [0.25, 0.3) is 0 Å². The Hall–Kier alpha value is -1.65. The number of amides is 1. The van der Waals surface area contributed by atoms with E-state index in [2.05, 4.69) is 10.0 Å². The SMILES string of the molecule is CC(C)(C)NS(=O)(=O)c1cccc(NC(=O)C[C@](C)(O)C(F)(F)F)c1. The summed E-state index contributed by atoms with van der Waals surface area (Å²) in [5.41, 5.74) is -3.92. The molecule has 0 aliphatic rings. The predicted octanol–water partition coefficient (Wildman–Crippen LogP) is 2.41. The van der Waals surface area contributed by atoms with Crippen molar-refractivity contribution < 1.29 is 31.5 Å². The van der Waals surface area contributed by atoms with Crippen molar-refractivity contribution in [3.8, 4) is 0 Å². The van der Waals surface area contributed by atoms with Gasteiger partial charge in [-0.15, -0.1) is 0 Å². The first-order valence-corrected chi connectivity index (χ1v) is 8.75. The lowest BCUT2D eigenvalue weighted by Gasteiger charge is -2.25. The molecule has 142 valence electrons.